The van der Waals surface area contributed by atoms with Crippen molar-refractivity contribution < 1.29 is 18.9 Å². The van der Waals surface area contributed by atoms with E-state index in [0.29, 0.717) is 32.0 Å². The van der Waals surface area contributed by atoms with Crippen LogP contribution in [0.15, 0.2) is 35.3 Å². The van der Waals surface area contributed by atoms with Crippen LogP contribution in [0, 0.1) is 5.82 Å². The third-order valence-corrected chi connectivity index (χ3v) is 4.50. The zero-order valence-corrected chi connectivity index (χ0v) is 13.1. The highest BCUT2D eigenvalue weighted by molar-refractivity contribution is 7.43. The van der Waals surface area contributed by atoms with Crippen molar-refractivity contribution in [2.45, 2.75) is 12.6 Å². The Labute approximate surface area is 132 Å². The summed E-state index contributed by atoms with van der Waals surface area (Å²) < 4.78 is 19.5. The summed E-state index contributed by atoms with van der Waals surface area (Å²) in [6, 6.07) is 6.20. The third-order valence-electron chi connectivity index (χ3n) is 3.81. The fraction of sp³-hybridized carbons (Fsp3) is 0.357. The molecule has 1 aliphatic heterocycles. The number of hydrogen-bond acceptors (Lipinski definition) is 5. The summed E-state index contributed by atoms with van der Waals surface area (Å²) in [5.74, 6) is -0.294. The summed E-state index contributed by atoms with van der Waals surface area (Å²) in [6.07, 6.45) is 1.41. The molecule has 1 aromatic heterocycles. The topological polar surface area (TPSA) is 90.7 Å². The van der Waals surface area contributed by atoms with Gasteiger partial charge in [0.05, 0.1) is 24.9 Å². The molecule has 3 rings (SSSR count). The van der Waals surface area contributed by atoms with Gasteiger partial charge in [0.15, 0.2) is 0 Å². The number of rotatable bonds is 4. The lowest BCUT2D eigenvalue weighted by atomic mass is 10.0. The standard InChI is InChI=1S/C14H17FN3O4P/c15-11-3-1-10(2-4-11)13-9-22-6-5-17(13)7-12-8-18(23(20)21)14(19)16-12/h1-4,8,13,20-21H,5-7,9H2,(H,16,19)/t13-/m1/s1. The fourth-order valence-corrected chi connectivity index (χ4v) is 3.14. The number of ether oxygens (including phenoxy) is 1. The van der Waals surface area contributed by atoms with Crippen molar-refractivity contribution in [2.75, 3.05) is 19.8 Å². The fourth-order valence-electron chi connectivity index (χ4n) is 2.68. The summed E-state index contributed by atoms with van der Waals surface area (Å²) >= 11 is 0. The molecular weight excluding hydrogens is 324 g/mol. The molecule has 0 spiro atoms. The molecule has 3 N–H and O–H groups in total. The van der Waals surface area contributed by atoms with Crippen LogP contribution in [0.3, 0.4) is 0 Å². The van der Waals surface area contributed by atoms with Crippen LogP contribution in [-0.4, -0.2) is 43.8 Å². The Kier molecular flexibility index (Phi) is 4.89. The van der Waals surface area contributed by atoms with Gasteiger partial charge in [-0.25, -0.2) is 13.5 Å². The monoisotopic (exact) mass is 341 g/mol. The number of nitrogens with zero attached hydrogens (tertiary/aromatic N) is 2. The first-order chi connectivity index (χ1) is 11.0. The van der Waals surface area contributed by atoms with E-state index in [9.17, 15) is 19.0 Å². The number of halogens is 1. The first-order valence-electron chi connectivity index (χ1n) is 7.10. The van der Waals surface area contributed by atoms with Gasteiger partial charge < -0.3 is 19.5 Å². The van der Waals surface area contributed by atoms with Crippen LogP contribution in [-0.2, 0) is 11.3 Å². The van der Waals surface area contributed by atoms with E-state index in [1.54, 1.807) is 12.1 Å². The molecule has 2 heterocycles. The molecular formula is C14H17FN3O4P. The van der Waals surface area contributed by atoms with E-state index in [-0.39, 0.29) is 11.9 Å². The van der Waals surface area contributed by atoms with Gasteiger partial charge in [0, 0.05) is 19.3 Å². The maximum Gasteiger partial charge on any atom is 0.332 e. The molecule has 9 heteroatoms. The second-order valence-corrected chi connectivity index (χ2v) is 6.28. The number of aromatic nitrogens is 2. The summed E-state index contributed by atoms with van der Waals surface area (Å²) in [5.41, 5.74) is 0.960. The van der Waals surface area contributed by atoms with Crippen LogP contribution < -0.4 is 5.69 Å². The summed E-state index contributed by atoms with van der Waals surface area (Å²) in [5, 5.41) is 0. The molecule has 2 aromatic rings. The minimum Gasteiger partial charge on any atom is -0.378 e. The SMILES string of the molecule is O=c1[nH]c(CN2CCOC[C@@H]2c2ccc(F)cc2)cn1P(O)O. The van der Waals surface area contributed by atoms with Gasteiger partial charge in [0.1, 0.15) is 5.82 Å². The molecule has 0 unspecified atom stereocenters. The number of aromatic amines is 1. The molecule has 1 fully saturated rings. The zero-order valence-electron chi connectivity index (χ0n) is 12.2. The predicted octanol–water partition coefficient (Wildman–Crippen LogP) is 0.949. The predicted molar refractivity (Wildman–Crippen MR) is 82.2 cm³/mol. The lowest BCUT2D eigenvalue weighted by Gasteiger charge is -2.35. The minimum absolute atomic E-state index is 0.0547. The van der Waals surface area contributed by atoms with Gasteiger partial charge in [-0.3, -0.25) is 4.90 Å². The van der Waals surface area contributed by atoms with Crippen molar-refractivity contribution in [2.24, 2.45) is 0 Å². The van der Waals surface area contributed by atoms with Crippen LogP contribution in [0.2, 0.25) is 0 Å². The van der Waals surface area contributed by atoms with Gasteiger partial charge in [-0.2, -0.15) is 0 Å². The van der Waals surface area contributed by atoms with Crippen LogP contribution in [0.25, 0.3) is 0 Å². The highest BCUT2D eigenvalue weighted by Gasteiger charge is 2.25. The normalized spacial score (nSPS) is 19.4. The smallest absolute Gasteiger partial charge is 0.332 e. The summed E-state index contributed by atoms with van der Waals surface area (Å²) in [4.78, 5) is 34.7. The Morgan fingerprint density at radius 1 is 1.35 bits per heavy atom. The molecule has 7 nitrogen and oxygen atoms in total. The molecule has 124 valence electrons. The number of imidazole rings is 1. The largest absolute Gasteiger partial charge is 0.378 e. The van der Waals surface area contributed by atoms with Gasteiger partial charge in [-0.1, -0.05) is 12.1 Å². The van der Waals surface area contributed by atoms with Gasteiger partial charge in [-0.05, 0) is 17.7 Å². The van der Waals surface area contributed by atoms with E-state index in [1.165, 1.54) is 18.3 Å². The zero-order chi connectivity index (χ0) is 16.4. The molecule has 1 saturated heterocycles. The molecule has 0 aliphatic carbocycles. The van der Waals surface area contributed by atoms with E-state index >= 15 is 0 Å². The number of morpholine rings is 1. The minimum atomic E-state index is -2.49. The quantitative estimate of drug-likeness (QED) is 0.721. The van der Waals surface area contributed by atoms with Gasteiger partial charge in [0.25, 0.3) is 8.53 Å². The van der Waals surface area contributed by atoms with Crippen molar-refractivity contribution in [3.8, 4) is 0 Å². The molecule has 0 amide bonds. The first kappa shape index (κ1) is 16.3. The second-order valence-electron chi connectivity index (χ2n) is 5.31. The van der Waals surface area contributed by atoms with Crippen molar-refractivity contribution >= 4 is 8.53 Å². The maximum atomic E-state index is 13.1. The molecule has 23 heavy (non-hydrogen) atoms. The molecule has 0 bridgehead atoms. The highest BCUT2D eigenvalue weighted by atomic mass is 31.2. The van der Waals surface area contributed by atoms with Crippen molar-refractivity contribution in [3.05, 3.63) is 58.0 Å². The lowest BCUT2D eigenvalue weighted by Crippen LogP contribution is -2.39. The van der Waals surface area contributed by atoms with E-state index in [2.05, 4.69) is 9.88 Å². The van der Waals surface area contributed by atoms with E-state index in [1.807, 2.05) is 0 Å². The third kappa shape index (κ3) is 3.68. The van der Waals surface area contributed by atoms with Gasteiger partial charge >= 0.3 is 5.69 Å². The Bertz CT molecular complexity index is 716. The number of nitrogens with one attached hydrogen (secondary N) is 1. The van der Waals surface area contributed by atoms with Crippen molar-refractivity contribution in [1.82, 2.24) is 14.2 Å². The maximum absolute atomic E-state index is 13.1. The van der Waals surface area contributed by atoms with E-state index in [4.69, 9.17) is 4.74 Å². The highest BCUT2D eigenvalue weighted by Crippen LogP contribution is 2.27. The number of H-pyrrole nitrogens is 1. The molecule has 0 saturated carbocycles. The van der Waals surface area contributed by atoms with Gasteiger partial charge in [-0.15, -0.1) is 0 Å². The lowest BCUT2D eigenvalue weighted by molar-refractivity contribution is -0.0132. The average molecular weight is 341 g/mol. The number of benzene rings is 1. The molecule has 0 radical (unpaired) electrons. The van der Waals surface area contributed by atoms with Crippen LogP contribution in [0.5, 0.6) is 0 Å². The first-order valence-corrected chi connectivity index (χ1v) is 8.30. The Balaban J connectivity index is 1.80. The van der Waals surface area contributed by atoms with E-state index in [0.717, 1.165) is 9.90 Å². The van der Waals surface area contributed by atoms with Crippen molar-refractivity contribution in [3.63, 3.8) is 0 Å². The Morgan fingerprint density at radius 2 is 2.09 bits per heavy atom. The molecule has 1 aliphatic rings. The average Bonchev–Trinajstić information content (AvgIpc) is 2.90. The summed E-state index contributed by atoms with van der Waals surface area (Å²) in [7, 11) is -2.49. The van der Waals surface area contributed by atoms with E-state index < -0.39 is 14.2 Å². The second kappa shape index (κ2) is 6.90. The Morgan fingerprint density at radius 3 is 2.74 bits per heavy atom. The van der Waals surface area contributed by atoms with Crippen molar-refractivity contribution in [1.29, 1.82) is 0 Å². The van der Waals surface area contributed by atoms with Crippen LogP contribution in [0.1, 0.15) is 17.3 Å². The van der Waals surface area contributed by atoms with Crippen LogP contribution >= 0.6 is 8.53 Å². The molecule has 1 atom stereocenters. The summed E-state index contributed by atoms with van der Waals surface area (Å²) in [6.45, 7) is 2.12. The van der Waals surface area contributed by atoms with Gasteiger partial charge in [0.2, 0.25) is 0 Å². The van der Waals surface area contributed by atoms with Crippen LogP contribution in [0.4, 0.5) is 4.39 Å². The Hall–Kier alpha value is -1.57. The number of hydrogen-bond donors (Lipinski definition) is 3. The molecule has 1 aromatic carbocycles.